The highest BCUT2D eigenvalue weighted by Gasteiger charge is 2.14. The molecule has 0 spiro atoms. The van der Waals surface area contributed by atoms with E-state index in [1.165, 1.54) is 5.56 Å². The van der Waals surface area contributed by atoms with E-state index in [0.29, 0.717) is 0 Å². The molecular weight excluding hydrogens is 256 g/mol. The Kier molecular flexibility index (Phi) is 4.27. The zero-order valence-electron chi connectivity index (χ0n) is 11.8. The van der Waals surface area contributed by atoms with Crippen LogP contribution in [0.5, 0.6) is 0 Å². The average Bonchev–Trinajstić information content (AvgIpc) is 2.58. The predicted octanol–water partition coefficient (Wildman–Crippen LogP) is 4.33. The van der Waals surface area contributed by atoms with Crippen LogP contribution in [-0.4, -0.2) is 11.5 Å². The topological polar surface area (TPSA) is 24.9 Å². The quantitative estimate of drug-likeness (QED) is 0.749. The minimum atomic E-state index is 0.243. The summed E-state index contributed by atoms with van der Waals surface area (Å²) >= 11 is 0. The lowest BCUT2D eigenvalue weighted by atomic mass is 9.95. The van der Waals surface area contributed by atoms with Gasteiger partial charge in [0.05, 0.1) is 0 Å². The van der Waals surface area contributed by atoms with Crippen molar-refractivity contribution in [3.8, 4) is 0 Å². The lowest BCUT2D eigenvalue weighted by Gasteiger charge is -2.18. The van der Waals surface area contributed by atoms with Crippen LogP contribution in [-0.2, 0) is 0 Å². The third kappa shape index (κ3) is 3.48. The van der Waals surface area contributed by atoms with E-state index >= 15 is 0 Å². The summed E-state index contributed by atoms with van der Waals surface area (Å²) in [5, 5.41) is 3.50. The van der Waals surface area contributed by atoms with Crippen LogP contribution in [0.3, 0.4) is 0 Å². The smallest absolute Gasteiger partial charge is 0.0496 e. The number of hydrogen-bond acceptors (Lipinski definition) is 2. The van der Waals surface area contributed by atoms with Crippen molar-refractivity contribution in [3.05, 3.63) is 96.3 Å². The molecule has 0 aliphatic heterocycles. The number of anilines is 1. The van der Waals surface area contributed by atoms with Gasteiger partial charge in [0, 0.05) is 30.0 Å². The van der Waals surface area contributed by atoms with E-state index in [1.54, 1.807) is 0 Å². The van der Waals surface area contributed by atoms with Crippen LogP contribution < -0.4 is 5.32 Å². The van der Waals surface area contributed by atoms with Gasteiger partial charge in [0.1, 0.15) is 0 Å². The second-order valence-electron chi connectivity index (χ2n) is 4.96. The van der Waals surface area contributed by atoms with E-state index in [4.69, 9.17) is 0 Å². The van der Waals surface area contributed by atoms with Gasteiger partial charge in [-0.2, -0.15) is 0 Å². The molecule has 0 unspecified atom stereocenters. The maximum atomic E-state index is 4.53. The highest BCUT2D eigenvalue weighted by molar-refractivity contribution is 5.44. The van der Waals surface area contributed by atoms with Gasteiger partial charge in [-0.1, -0.05) is 54.6 Å². The number of pyridine rings is 1. The van der Waals surface area contributed by atoms with Crippen LogP contribution in [0.25, 0.3) is 0 Å². The molecule has 0 bridgehead atoms. The normalized spacial score (nSPS) is 11.8. The highest BCUT2D eigenvalue weighted by Crippen LogP contribution is 2.23. The molecule has 0 saturated heterocycles. The molecule has 0 fully saturated rings. The van der Waals surface area contributed by atoms with Gasteiger partial charge in [-0.05, 0) is 29.8 Å². The number of aromatic nitrogens is 1. The zero-order valence-corrected chi connectivity index (χ0v) is 11.8. The Bertz CT molecular complexity index is 611. The van der Waals surface area contributed by atoms with Gasteiger partial charge < -0.3 is 5.32 Å². The number of benzene rings is 2. The second kappa shape index (κ2) is 6.71. The molecule has 0 amide bonds. The van der Waals surface area contributed by atoms with Gasteiger partial charge in [-0.3, -0.25) is 4.98 Å². The molecule has 3 rings (SSSR count). The second-order valence-corrected chi connectivity index (χ2v) is 4.96. The molecular formula is C19H18N2. The van der Waals surface area contributed by atoms with Crippen LogP contribution in [0.1, 0.15) is 17.2 Å². The predicted molar refractivity (Wildman–Crippen MR) is 87.5 cm³/mol. The van der Waals surface area contributed by atoms with Crippen molar-refractivity contribution in [2.45, 2.75) is 5.92 Å². The first-order valence-corrected chi connectivity index (χ1v) is 7.18. The Morgan fingerprint density at radius 2 is 1.43 bits per heavy atom. The van der Waals surface area contributed by atoms with Crippen molar-refractivity contribution in [1.82, 2.24) is 4.98 Å². The van der Waals surface area contributed by atoms with Gasteiger partial charge in [-0.25, -0.2) is 0 Å². The number of rotatable bonds is 5. The minimum absolute atomic E-state index is 0.243. The Morgan fingerprint density at radius 3 is 2.10 bits per heavy atom. The Balaban J connectivity index is 1.83. The Hall–Kier alpha value is -2.61. The molecule has 104 valence electrons. The first-order chi connectivity index (χ1) is 10.4. The maximum Gasteiger partial charge on any atom is 0.0496 e. The van der Waals surface area contributed by atoms with E-state index in [9.17, 15) is 0 Å². The van der Waals surface area contributed by atoms with Crippen molar-refractivity contribution in [1.29, 1.82) is 0 Å². The van der Waals surface area contributed by atoms with Crippen molar-refractivity contribution < 1.29 is 0 Å². The van der Waals surface area contributed by atoms with Crippen LogP contribution in [0.4, 0.5) is 5.69 Å². The molecule has 2 nitrogen and oxygen atoms in total. The standard InChI is InChI=1S/C19H18N2/c1-3-9-16(10-4-1)18(19-13-7-8-14-20-19)15-21-17-11-5-2-6-12-17/h1-14,18,21H,15H2/t18-/m0/s1. The van der Waals surface area contributed by atoms with Crippen LogP contribution in [0.2, 0.25) is 0 Å². The Morgan fingerprint density at radius 1 is 0.762 bits per heavy atom. The summed E-state index contributed by atoms with van der Waals surface area (Å²) in [5.74, 6) is 0.243. The van der Waals surface area contributed by atoms with Crippen LogP contribution in [0.15, 0.2) is 85.1 Å². The summed E-state index contributed by atoms with van der Waals surface area (Å²) < 4.78 is 0. The van der Waals surface area contributed by atoms with Gasteiger partial charge in [0.2, 0.25) is 0 Å². The molecule has 0 radical (unpaired) electrons. The van der Waals surface area contributed by atoms with Gasteiger partial charge in [-0.15, -0.1) is 0 Å². The van der Waals surface area contributed by atoms with E-state index in [1.807, 2.05) is 42.6 Å². The summed E-state index contributed by atoms with van der Waals surface area (Å²) in [5.41, 5.74) is 3.50. The monoisotopic (exact) mass is 274 g/mol. The van der Waals surface area contributed by atoms with E-state index in [2.05, 4.69) is 52.8 Å². The maximum absolute atomic E-state index is 4.53. The van der Waals surface area contributed by atoms with E-state index < -0.39 is 0 Å². The first-order valence-electron chi connectivity index (χ1n) is 7.18. The minimum Gasteiger partial charge on any atom is -0.384 e. The van der Waals surface area contributed by atoms with Gasteiger partial charge >= 0.3 is 0 Å². The fraction of sp³-hybridized carbons (Fsp3) is 0.105. The molecule has 2 heteroatoms. The average molecular weight is 274 g/mol. The number of hydrogen-bond donors (Lipinski definition) is 1. The molecule has 1 heterocycles. The summed E-state index contributed by atoms with van der Waals surface area (Å²) in [6, 6.07) is 26.9. The molecule has 0 aliphatic rings. The molecule has 3 aromatic rings. The number of para-hydroxylation sites is 1. The van der Waals surface area contributed by atoms with E-state index in [0.717, 1.165) is 17.9 Å². The van der Waals surface area contributed by atoms with Crippen molar-refractivity contribution >= 4 is 5.69 Å². The highest BCUT2D eigenvalue weighted by atomic mass is 14.9. The number of nitrogens with zero attached hydrogens (tertiary/aromatic N) is 1. The summed E-state index contributed by atoms with van der Waals surface area (Å²) in [7, 11) is 0. The SMILES string of the molecule is c1ccc(NC[C@@H](c2ccccc2)c2ccccn2)cc1. The molecule has 1 aromatic heterocycles. The van der Waals surface area contributed by atoms with Crippen LogP contribution in [0, 0.1) is 0 Å². The molecule has 0 aliphatic carbocycles. The van der Waals surface area contributed by atoms with Gasteiger partial charge in [0.15, 0.2) is 0 Å². The summed E-state index contributed by atoms with van der Waals surface area (Å²) in [6.07, 6.45) is 1.85. The first kappa shape index (κ1) is 13.4. The summed E-state index contributed by atoms with van der Waals surface area (Å²) in [6.45, 7) is 0.824. The Labute approximate surface area is 125 Å². The third-order valence-electron chi connectivity index (χ3n) is 3.53. The fourth-order valence-corrected chi connectivity index (χ4v) is 2.44. The summed E-state index contributed by atoms with van der Waals surface area (Å²) in [4.78, 5) is 4.53. The zero-order chi connectivity index (χ0) is 14.3. The fourth-order valence-electron chi connectivity index (χ4n) is 2.44. The molecule has 2 aromatic carbocycles. The molecule has 21 heavy (non-hydrogen) atoms. The molecule has 1 atom stereocenters. The lowest BCUT2D eigenvalue weighted by Crippen LogP contribution is -2.15. The largest absolute Gasteiger partial charge is 0.384 e. The molecule has 0 saturated carbocycles. The van der Waals surface area contributed by atoms with Crippen molar-refractivity contribution in [3.63, 3.8) is 0 Å². The lowest BCUT2D eigenvalue weighted by molar-refractivity contribution is 0.816. The van der Waals surface area contributed by atoms with Crippen molar-refractivity contribution in [2.24, 2.45) is 0 Å². The third-order valence-corrected chi connectivity index (χ3v) is 3.53. The van der Waals surface area contributed by atoms with Crippen molar-refractivity contribution in [2.75, 3.05) is 11.9 Å². The van der Waals surface area contributed by atoms with Gasteiger partial charge in [0.25, 0.3) is 0 Å². The number of nitrogens with one attached hydrogen (secondary N) is 1. The van der Waals surface area contributed by atoms with E-state index in [-0.39, 0.29) is 5.92 Å². The van der Waals surface area contributed by atoms with Crippen LogP contribution >= 0.6 is 0 Å². The molecule has 1 N–H and O–H groups in total.